The first-order chi connectivity index (χ1) is 9.65. The average Bonchev–Trinajstić information content (AvgIpc) is 2.96. The van der Waals surface area contributed by atoms with Gasteiger partial charge in [0.2, 0.25) is 5.76 Å². The highest BCUT2D eigenvalue weighted by Crippen LogP contribution is 2.27. The first kappa shape index (κ1) is 15.1. The second-order valence-corrected chi connectivity index (χ2v) is 5.43. The predicted octanol–water partition coefficient (Wildman–Crippen LogP) is 2.06. The molecular formula is C15H24N2O3. The smallest absolute Gasteiger partial charge is 0.373 e. The Morgan fingerprint density at radius 3 is 3.10 bits per heavy atom. The minimum Gasteiger partial charge on any atom is -0.463 e. The lowest BCUT2D eigenvalue weighted by molar-refractivity contribution is 0.0555. The highest BCUT2D eigenvalue weighted by atomic mass is 16.5. The number of likely N-dealkylation sites (tertiary alicyclic amines) is 1. The van der Waals surface area contributed by atoms with Crippen molar-refractivity contribution in [1.82, 2.24) is 10.2 Å². The van der Waals surface area contributed by atoms with Gasteiger partial charge < -0.3 is 14.5 Å². The number of carbonyl (C=O) groups is 1. The van der Waals surface area contributed by atoms with Crippen molar-refractivity contribution in [3.8, 4) is 0 Å². The largest absolute Gasteiger partial charge is 0.463 e. The summed E-state index contributed by atoms with van der Waals surface area (Å²) in [5, 5.41) is 3.25. The molecule has 0 amide bonds. The summed E-state index contributed by atoms with van der Waals surface area (Å²) in [5.41, 5.74) is 0. The van der Waals surface area contributed by atoms with E-state index < -0.39 is 5.97 Å². The van der Waals surface area contributed by atoms with E-state index in [-0.39, 0.29) is 11.8 Å². The van der Waals surface area contributed by atoms with E-state index in [1.54, 1.807) is 6.07 Å². The van der Waals surface area contributed by atoms with E-state index in [1.807, 2.05) is 13.1 Å². The number of esters is 1. The van der Waals surface area contributed by atoms with Crippen LogP contribution in [-0.2, 0) is 4.74 Å². The van der Waals surface area contributed by atoms with Crippen LogP contribution in [0.25, 0.3) is 0 Å². The highest BCUT2D eigenvalue weighted by Gasteiger charge is 2.26. The predicted molar refractivity (Wildman–Crippen MR) is 76.7 cm³/mol. The first-order valence-electron chi connectivity index (χ1n) is 7.22. The fourth-order valence-corrected chi connectivity index (χ4v) is 2.87. The van der Waals surface area contributed by atoms with Crippen molar-refractivity contribution in [1.29, 1.82) is 0 Å². The molecule has 20 heavy (non-hydrogen) atoms. The zero-order valence-electron chi connectivity index (χ0n) is 12.5. The van der Waals surface area contributed by atoms with Crippen LogP contribution in [0.5, 0.6) is 0 Å². The monoisotopic (exact) mass is 280 g/mol. The maximum atomic E-state index is 11.4. The zero-order chi connectivity index (χ0) is 14.5. The van der Waals surface area contributed by atoms with Crippen molar-refractivity contribution in [2.75, 3.05) is 33.8 Å². The van der Waals surface area contributed by atoms with Gasteiger partial charge in [-0.2, -0.15) is 0 Å². The van der Waals surface area contributed by atoms with Crippen molar-refractivity contribution in [2.24, 2.45) is 5.92 Å². The molecular weight excluding hydrogens is 256 g/mol. The van der Waals surface area contributed by atoms with E-state index in [0.717, 1.165) is 25.4 Å². The number of carbonyl (C=O) groups excluding carboxylic acids is 1. The van der Waals surface area contributed by atoms with E-state index in [1.165, 1.54) is 20.0 Å². The van der Waals surface area contributed by atoms with E-state index >= 15 is 0 Å². The van der Waals surface area contributed by atoms with Crippen molar-refractivity contribution >= 4 is 5.97 Å². The molecule has 2 heterocycles. The maximum absolute atomic E-state index is 11.4. The number of piperidine rings is 1. The van der Waals surface area contributed by atoms with E-state index in [2.05, 4.69) is 21.9 Å². The van der Waals surface area contributed by atoms with Gasteiger partial charge in [-0.15, -0.1) is 0 Å². The van der Waals surface area contributed by atoms with Gasteiger partial charge in [0.15, 0.2) is 0 Å². The van der Waals surface area contributed by atoms with E-state index in [9.17, 15) is 4.79 Å². The fraction of sp³-hybridized carbons (Fsp3) is 0.667. The Kier molecular flexibility index (Phi) is 5.20. The number of hydrogen-bond acceptors (Lipinski definition) is 5. The van der Waals surface area contributed by atoms with Crippen LogP contribution in [0.3, 0.4) is 0 Å². The Morgan fingerprint density at radius 2 is 2.40 bits per heavy atom. The Hall–Kier alpha value is -1.33. The third-order valence-electron chi connectivity index (χ3n) is 4.02. The normalized spacial score (nSPS) is 21.6. The molecule has 1 N–H and O–H groups in total. The average molecular weight is 280 g/mol. The van der Waals surface area contributed by atoms with Crippen LogP contribution >= 0.6 is 0 Å². The zero-order valence-corrected chi connectivity index (χ0v) is 12.5. The summed E-state index contributed by atoms with van der Waals surface area (Å²) >= 11 is 0. The van der Waals surface area contributed by atoms with E-state index in [4.69, 9.17) is 4.42 Å². The van der Waals surface area contributed by atoms with Crippen molar-refractivity contribution in [2.45, 2.75) is 25.8 Å². The Balaban J connectivity index is 2.01. The summed E-state index contributed by atoms with van der Waals surface area (Å²) in [7, 11) is 3.36. The summed E-state index contributed by atoms with van der Waals surface area (Å²) in [5.74, 6) is 1.37. The molecule has 1 aromatic rings. The molecule has 2 atom stereocenters. The van der Waals surface area contributed by atoms with Crippen LogP contribution in [0, 0.1) is 5.92 Å². The van der Waals surface area contributed by atoms with Gasteiger partial charge in [0.1, 0.15) is 5.76 Å². The Bertz CT molecular complexity index is 442. The molecule has 0 bridgehead atoms. The summed E-state index contributed by atoms with van der Waals surface area (Å²) in [6, 6.07) is 3.75. The Morgan fingerprint density at radius 1 is 1.60 bits per heavy atom. The molecule has 0 saturated carbocycles. The molecule has 1 aliphatic rings. The van der Waals surface area contributed by atoms with Crippen molar-refractivity contribution < 1.29 is 13.9 Å². The first-order valence-corrected chi connectivity index (χ1v) is 7.22. The van der Waals surface area contributed by atoms with Gasteiger partial charge in [0.05, 0.1) is 13.2 Å². The van der Waals surface area contributed by atoms with Crippen molar-refractivity contribution in [3.63, 3.8) is 0 Å². The summed E-state index contributed by atoms with van der Waals surface area (Å²) in [6.07, 6.45) is 2.48. The van der Waals surface area contributed by atoms with Gasteiger partial charge in [0.25, 0.3) is 0 Å². The van der Waals surface area contributed by atoms with Crippen LogP contribution in [0.2, 0.25) is 0 Å². The lowest BCUT2D eigenvalue weighted by Crippen LogP contribution is -2.40. The summed E-state index contributed by atoms with van der Waals surface area (Å²) < 4.78 is 10.3. The number of rotatable bonds is 5. The van der Waals surface area contributed by atoms with Gasteiger partial charge in [0, 0.05) is 6.54 Å². The van der Waals surface area contributed by atoms with Crippen LogP contribution in [0.1, 0.15) is 42.1 Å². The molecule has 1 saturated heterocycles. The van der Waals surface area contributed by atoms with Gasteiger partial charge in [-0.25, -0.2) is 4.79 Å². The Labute approximate surface area is 120 Å². The number of hydrogen-bond donors (Lipinski definition) is 1. The molecule has 2 rings (SSSR count). The van der Waals surface area contributed by atoms with Crippen LogP contribution in [-0.4, -0.2) is 44.7 Å². The molecule has 1 fully saturated rings. The maximum Gasteiger partial charge on any atom is 0.373 e. The van der Waals surface area contributed by atoms with Crippen molar-refractivity contribution in [3.05, 3.63) is 23.7 Å². The number of nitrogens with zero attached hydrogens (tertiary/aromatic N) is 1. The molecule has 0 aromatic carbocycles. The second-order valence-electron chi connectivity index (χ2n) is 5.43. The molecule has 112 valence electrons. The molecule has 1 aromatic heterocycles. The minimum atomic E-state index is -0.421. The third-order valence-corrected chi connectivity index (χ3v) is 4.02. The molecule has 0 spiro atoms. The van der Waals surface area contributed by atoms with Crippen LogP contribution in [0.4, 0.5) is 0 Å². The number of furan rings is 1. The number of nitrogens with one attached hydrogen (secondary N) is 1. The van der Waals surface area contributed by atoms with Gasteiger partial charge in [-0.3, -0.25) is 4.90 Å². The molecule has 5 nitrogen and oxygen atoms in total. The molecule has 1 aliphatic heterocycles. The molecule has 0 radical (unpaired) electrons. The van der Waals surface area contributed by atoms with Crippen LogP contribution < -0.4 is 5.32 Å². The number of ether oxygens (including phenoxy) is 1. The standard InChI is InChI=1S/C15H24N2O3/c1-11(13-6-7-14(20-13)15(18)19-3)17-8-4-5-12(10-17)9-16-2/h6-7,11-12,16H,4-5,8-10H2,1-3H3. The quantitative estimate of drug-likeness (QED) is 0.837. The van der Waals surface area contributed by atoms with Crippen LogP contribution in [0.15, 0.2) is 16.5 Å². The summed E-state index contributed by atoms with van der Waals surface area (Å²) in [4.78, 5) is 13.8. The summed E-state index contributed by atoms with van der Waals surface area (Å²) in [6.45, 7) is 5.32. The minimum absolute atomic E-state index is 0.188. The lowest BCUT2D eigenvalue weighted by Gasteiger charge is -2.36. The third kappa shape index (κ3) is 3.41. The lowest BCUT2D eigenvalue weighted by atomic mass is 9.96. The van der Waals surface area contributed by atoms with Gasteiger partial charge in [-0.05, 0) is 58.0 Å². The molecule has 2 unspecified atom stereocenters. The highest BCUT2D eigenvalue weighted by molar-refractivity contribution is 5.86. The van der Waals surface area contributed by atoms with Gasteiger partial charge >= 0.3 is 5.97 Å². The topological polar surface area (TPSA) is 54.7 Å². The van der Waals surface area contributed by atoms with Gasteiger partial charge in [-0.1, -0.05) is 0 Å². The molecule has 0 aliphatic carbocycles. The molecule has 5 heteroatoms. The van der Waals surface area contributed by atoms with E-state index in [0.29, 0.717) is 5.92 Å². The number of methoxy groups -OCH3 is 1. The fourth-order valence-electron chi connectivity index (χ4n) is 2.87. The SMILES string of the molecule is CNCC1CCCN(C(C)c2ccc(C(=O)OC)o2)C1. The second kappa shape index (κ2) is 6.90.